The Balaban J connectivity index is 2.24. The lowest BCUT2D eigenvalue weighted by Gasteiger charge is -2.25. The van der Waals surface area contributed by atoms with Gasteiger partial charge in [-0.05, 0) is 6.42 Å². The van der Waals surface area contributed by atoms with E-state index >= 15 is 0 Å². The van der Waals surface area contributed by atoms with E-state index in [9.17, 15) is 0 Å². The molecule has 0 amide bonds. The third kappa shape index (κ3) is 2.49. The van der Waals surface area contributed by atoms with Crippen LogP contribution in [0.15, 0.2) is 0 Å². The third-order valence-corrected chi connectivity index (χ3v) is 3.62. The Labute approximate surface area is 77.5 Å². The number of hydrogen-bond donors (Lipinski definition) is 0. The second-order valence-electron chi connectivity index (χ2n) is 2.13. The fraction of sp³-hybridized carbons (Fsp3) is 1.00. The summed E-state index contributed by atoms with van der Waals surface area (Å²) >= 11 is 6.78. The highest BCUT2D eigenvalue weighted by Gasteiger charge is 2.21. The zero-order valence-electron chi connectivity index (χ0n) is 5.56. The van der Waals surface area contributed by atoms with Gasteiger partial charge in [-0.2, -0.15) is 0 Å². The van der Waals surface area contributed by atoms with E-state index < -0.39 is 0 Å². The zero-order chi connectivity index (χ0) is 7.40. The minimum absolute atomic E-state index is 0.0619. The Morgan fingerprint density at radius 1 is 1.40 bits per heavy atom. The minimum atomic E-state index is -0.0619. The lowest BCUT2D eigenvalue weighted by molar-refractivity contribution is -0.174. The second kappa shape index (κ2) is 4.70. The van der Waals surface area contributed by atoms with Crippen molar-refractivity contribution in [3.63, 3.8) is 0 Å². The quantitative estimate of drug-likeness (QED) is 0.716. The molecule has 1 heterocycles. The van der Waals surface area contributed by atoms with Crippen molar-refractivity contribution in [2.75, 3.05) is 18.5 Å². The second-order valence-corrected chi connectivity index (χ2v) is 3.96. The molecule has 0 radical (unpaired) electrons. The van der Waals surface area contributed by atoms with Crippen LogP contribution in [0.25, 0.3) is 0 Å². The molecule has 0 aromatic heterocycles. The summed E-state index contributed by atoms with van der Waals surface area (Å²) < 4.78 is 10.7. The van der Waals surface area contributed by atoms with Crippen molar-refractivity contribution in [1.82, 2.24) is 0 Å². The Bertz CT molecular complexity index is 93.7. The van der Waals surface area contributed by atoms with Gasteiger partial charge in [0.15, 0.2) is 6.29 Å². The van der Waals surface area contributed by atoms with Crippen LogP contribution in [-0.2, 0) is 9.47 Å². The van der Waals surface area contributed by atoms with Gasteiger partial charge in [-0.3, -0.25) is 0 Å². The van der Waals surface area contributed by atoms with Gasteiger partial charge in [0.05, 0.1) is 18.0 Å². The summed E-state index contributed by atoms with van der Waals surface area (Å²) in [6.45, 7) is 1.64. The number of ether oxygens (including phenoxy) is 2. The third-order valence-electron chi connectivity index (χ3n) is 1.30. The van der Waals surface area contributed by atoms with Crippen LogP contribution in [0, 0.1) is 0 Å². The van der Waals surface area contributed by atoms with Gasteiger partial charge in [0.1, 0.15) is 0 Å². The molecule has 1 aliphatic rings. The monoisotopic (exact) mass is 272 g/mol. The van der Waals surface area contributed by atoms with Crippen molar-refractivity contribution >= 4 is 31.9 Å². The Hall–Kier alpha value is 0.880. The molecule has 0 aliphatic carbocycles. The maximum Gasteiger partial charge on any atom is 0.170 e. The molecule has 4 heteroatoms. The van der Waals surface area contributed by atoms with Gasteiger partial charge in [-0.15, -0.1) is 0 Å². The van der Waals surface area contributed by atoms with Crippen molar-refractivity contribution in [3.8, 4) is 0 Å². The van der Waals surface area contributed by atoms with Crippen LogP contribution in [-0.4, -0.2) is 29.7 Å². The molecule has 10 heavy (non-hydrogen) atoms. The van der Waals surface area contributed by atoms with E-state index in [1.165, 1.54) is 0 Å². The van der Waals surface area contributed by atoms with E-state index in [1.807, 2.05) is 0 Å². The highest BCUT2D eigenvalue weighted by atomic mass is 79.9. The standard InChI is InChI=1S/C6H10Br2O2/c7-4-5(8)6-9-2-1-3-10-6/h5-6H,1-4H2. The maximum absolute atomic E-state index is 5.33. The van der Waals surface area contributed by atoms with E-state index in [-0.39, 0.29) is 11.1 Å². The number of halogens is 2. The smallest absolute Gasteiger partial charge is 0.170 e. The van der Waals surface area contributed by atoms with E-state index in [0.717, 1.165) is 25.0 Å². The summed E-state index contributed by atoms with van der Waals surface area (Å²) in [5.74, 6) is 0. The fourth-order valence-electron chi connectivity index (χ4n) is 0.788. The predicted molar refractivity (Wildman–Crippen MR) is 46.8 cm³/mol. The largest absolute Gasteiger partial charge is 0.351 e. The summed E-state index contributed by atoms with van der Waals surface area (Å²) in [5.41, 5.74) is 0. The van der Waals surface area contributed by atoms with Crippen LogP contribution in [0.1, 0.15) is 6.42 Å². The molecule has 2 nitrogen and oxygen atoms in total. The Morgan fingerprint density at radius 2 is 2.00 bits per heavy atom. The van der Waals surface area contributed by atoms with Gasteiger partial charge in [0.25, 0.3) is 0 Å². The van der Waals surface area contributed by atoms with E-state index in [2.05, 4.69) is 31.9 Å². The van der Waals surface area contributed by atoms with Gasteiger partial charge in [-0.25, -0.2) is 0 Å². The molecule has 1 fully saturated rings. The molecular formula is C6H10Br2O2. The minimum Gasteiger partial charge on any atom is -0.351 e. The molecule has 0 aromatic rings. The first kappa shape index (κ1) is 8.97. The highest BCUT2D eigenvalue weighted by Crippen LogP contribution is 2.16. The van der Waals surface area contributed by atoms with Crippen LogP contribution >= 0.6 is 31.9 Å². The Morgan fingerprint density at radius 3 is 2.50 bits per heavy atom. The zero-order valence-corrected chi connectivity index (χ0v) is 8.73. The van der Waals surface area contributed by atoms with E-state index in [4.69, 9.17) is 9.47 Å². The average molecular weight is 274 g/mol. The molecule has 1 unspecified atom stereocenters. The van der Waals surface area contributed by atoms with Crippen LogP contribution in [0.3, 0.4) is 0 Å². The van der Waals surface area contributed by atoms with Gasteiger partial charge in [-0.1, -0.05) is 31.9 Å². The molecule has 0 N–H and O–H groups in total. The first-order chi connectivity index (χ1) is 4.84. The van der Waals surface area contributed by atoms with E-state index in [0.29, 0.717) is 0 Å². The van der Waals surface area contributed by atoms with Crippen LogP contribution in [0.4, 0.5) is 0 Å². The number of alkyl halides is 2. The highest BCUT2D eigenvalue weighted by molar-refractivity contribution is 9.12. The van der Waals surface area contributed by atoms with Crippen LogP contribution in [0.2, 0.25) is 0 Å². The van der Waals surface area contributed by atoms with Gasteiger partial charge < -0.3 is 9.47 Å². The lowest BCUT2D eigenvalue weighted by atomic mass is 10.4. The van der Waals surface area contributed by atoms with Crippen molar-refractivity contribution in [2.45, 2.75) is 17.5 Å². The summed E-state index contributed by atoms with van der Waals surface area (Å²) in [5, 5.41) is 0.859. The molecule has 1 saturated heterocycles. The summed E-state index contributed by atoms with van der Waals surface area (Å²) in [4.78, 5) is 0.271. The van der Waals surface area contributed by atoms with Crippen LogP contribution < -0.4 is 0 Å². The predicted octanol–water partition coefficient (Wildman–Crippen LogP) is 1.91. The number of hydrogen-bond acceptors (Lipinski definition) is 2. The fourth-order valence-corrected chi connectivity index (χ4v) is 1.40. The van der Waals surface area contributed by atoms with Crippen LogP contribution in [0.5, 0.6) is 0 Å². The molecule has 0 bridgehead atoms. The molecule has 0 spiro atoms. The van der Waals surface area contributed by atoms with Crippen molar-refractivity contribution < 1.29 is 9.47 Å². The summed E-state index contributed by atoms with van der Waals surface area (Å²) in [7, 11) is 0. The topological polar surface area (TPSA) is 18.5 Å². The average Bonchev–Trinajstić information content (AvgIpc) is 2.05. The molecule has 60 valence electrons. The molecular weight excluding hydrogens is 264 g/mol. The van der Waals surface area contributed by atoms with E-state index in [1.54, 1.807) is 0 Å². The molecule has 0 saturated carbocycles. The Kier molecular flexibility index (Phi) is 4.21. The maximum atomic E-state index is 5.33. The van der Waals surface area contributed by atoms with Crippen molar-refractivity contribution in [2.24, 2.45) is 0 Å². The first-order valence-electron chi connectivity index (χ1n) is 3.28. The molecule has 0 aromatic carbocycles. The normalized spacial score (nSPS) is 24.6. The molecule has 1 rings (SSSR count). The SMILES string of the molecule is BrCC(Br)C1OCCCO1. The summed E-state index contributed by atoms with van der Waals surface area (Å²) in [6.07, 6.45) is 0.950. The number of rotatable bonds is 2. The lowest BCUT2D eigenvalue weighted by Crippen LogP contribution is -2.33. The molecule has 1 atom stereocenters. The van der Waals surface area contributed by atoms with Crippen molar-refractivity contribution in [1.29, 1.82) is 0 Å². The van der Waals surface area contributed by atoms with Gasteiger partial charge in [0.2, 0.25) is 0 Å². The first-order valence-corrected chi connectivity index (χ1v) is 5.31. The van der Waals surface area contributed by atoms with Gasteiger partial charge >= 0.3 is 0 Å². The van der Waals surface area contributed by atoms with Gasteiger partial charge in [0, 0.05) is 5.33 Å². The summed E-state index contributed by atoms with van der Waals surface area (Å²) in [6, 6.07) is 0. The van der Waals surface area contributed by atoms with Crippen molar-refractivity contribution in [3.05, 3.63) is 0 Å². The molecule has 1 aliphatic heterocycles.